The molecule has 0 spiro atoms. The Kier molecular flexibility index (Phi) is 4.04. The summed E-state index contributed by atoms with van der Waals surface area (Å²) in [5.41, 5.74) is 7.68. The molecule has 120 valence electrons. The van der Waals surface area contributed by atoms with Crippen molar-refractivity contribution in [3.05, 3.63) is 12.7 Å². The van der Waals surface area contributed by atoms with Crippen molar-refractivity contribution in [3.63, 3.8) is 0 Å². The number of aryl methyl sites for hydroxylation is 1. The van der Waals surface area contributed by atoms with E-state index in [0.717, 1.165) is 18.1 Å². The lowest BCUT2D eigenvalue weighted by molar-refractivity contribution is 0.0843. The van der Waals surface area contributed by atoms with E-state index in [1.54, 1.807) is 0 Å². The van der Waals surface area contributed by atoms with Crippen molar-refractivity contribution in [2.45, 2.75) is 52.1 Å². The summed E-state index contributed by atoms with van der Waals surface area (Å²) in [6, 6.07) is 0. The molecule has 1 aliphatic rings. The molecule has 1 fully saturated rings. The number of aromatic nitrogens is 4. The lowest BCUT2D eigenvalue weighted by Gasteiger charge is -2.41. The molecule has 3 heterocycles. The van der Waals surface area contributed by atoms with Gasteiger partial charge >= 0.3 is 0 Å². The third-order valence-corrected chi connectivity index (χ3v) is 4.77. The lowest BCUT2D eigenvalue weighted by atomic mass is 9.91. The average molecular weight is 302 g/mol. The van der Waals surface area contributed by atoms with Gasteiger partial charge in [-0.2, -0.15) is 0 Å². The third kappa shape index (κ3) is 3.06. The highest BCUT2D eigenvalue weighted by atomic mass is 15.2. The number of piperidine rings is 1. The van der Waals surface area contributed by atoms with Gasteiger partial charge in [0, 0.05) is 12.1 Å². The van der Waals surface area contributed by atoms with E-state index in [9.17, 15) is 0 Å². The highest BCUT2D eigenvalue weighted by molar-refractivity contribution is 5.80. The number of anilines is 1. The Morgan fingerprint density at radius 1 is 1.18 bits per heavy atom. The lowest BCUT2D eigenvalue weighted by Crippen LogP contribution is -2.46. The van der Waals surface area contributed by atoms with Gasteiger partial charge in [0.1, 0.15) is 11.8 Å². The number of hydrogen-bond acceptors (Lipinski definition) is 5. The van der Waals surface area contributed by atoms with Gasteiger partial charge in [0.25, 0.3) is 0 Å². The number of hydrogen-bond donors (Lipinski definition) is 1. The maximum atomic E-state index is 5.83. The van der Waals surface area contributed by atoms with Crippen LogP contribution in [0, 0.1) is 5.92 Å². The summed E-state index contributed by atoms with van der Waals surface area (Å²) in [4.78, 5) is 15.2. The number of likely N-dealkylation sites (tertiary alicyclic amines) is 1. The standard InChI is InChI=1S/C16H26N6/c1-16(2,3)22-8-5-12(6-9-22)4-7-21-11-20-13-14(17)18-10-19-15(13)21/h10-12H,4-9H2,1-3H3,(H2,17,18,19). The molecular weight excluding hydrogens is 276 g/mol. The minimum atomic E-state index is 0.292. The zero-order chi connectivity index (χ0) is 15.7. The maximum absolute atomic E-state index is 5.83. The van der Waals surface area contributed by atoms with Crippen molar-refractivity contribution in [1.29, 1.82) is 0 Å². The van der Waals surface area contributed by atoms with E-state index in [1.807, 2.05) is 6.33 Å². The summed E-state index contributed by atoms with van der Waals surface area (Å²) in [5, 5.41) is 0. The highest BCUT2D eigenvalue weighted by Gasteiger charge is 2.26. The van der Waals surface area contributed by atoms with Gasteiger partial charge in [-0.3, -0.25) is 4.90 Å². The fraction of sp³-hybridized carbons (Fsp3) is 0.688. The molecule has 0 aromatic carbocycles. The first-order valence-electron chi connectivity index (χ1n) is 8.11. The van der Waals surface area contributed by atoms with Gasteiger partial charge in [-0.15, -0.1) is 0 Å². The number of rotatable bonds is 3. The van der Waals surface area contributed by atoms with Crippen molar-refractivity contribution in [1.82, 2.24) is 24.4 Å². The Morgan fingerprint density at radius 3 is 2.59 bits per heavy atom. The Morgan fingerprint density at radius 2 is 1.91 bits per heavy atom. The molecule has 0 aliphatic carbocycles. The number of nitrogens with two attached hydrogens (primary N) is 1. The molecule has 2 aromatic heterocycles. The molecule has 0 amide bonds. The van der Waals surface area contributed by atoms with E-state index < -0.39 is 0 Å². The summed E-state index contributed by atoms with van der Waals surface area (Å²) in [6.45, 7) is 10.3. The minimum Gasteiger partial charge on any atom is -0.382 e. The van der Waals surface area contributed by atoms with Crippen molar-refractivity contribution >= 4 is 17.0 Å². The first-order chi connectivity index (χ1) is 10.4. The van der Waals surface area contributed by atoms with Crippen LogP contribution in [-0.2, 0) is 6.54 Å². The maximum Gasteiger partial charge on any atom is 0.165 e. The summed E-state index contributed by atoms with van der Waals surface area (Å²) in [7, 11) is 0. The van der Waals surface area contributed by atoms with Crippen molar-refractivity contribution < 1.29 is 0 Å². The highest BCUT2D eigenvalue weighted by Crippen LogP contribution is 2.26. The summed E-state index contributed by atoms with van der Waals surface area (Å²) >= 11 is 0. The first kappa shape index (κ1) is 15.2. The van der Waals surface area contributed by atoms with Crippen LogP contribution in [0.5, 0.6) is 0 Å². The normalized spacial score (nSPS) is 18.1. The van der Waals surface area contributed by atoms with E-state index in [2.05, 4.69) is 45.2 Å². The van der Waals surface area contributed by atoms with Crippen LogP contribution < -0.4 is 5.73 Å². The summed E-state index contributed by atoms with van der Waals surface area (Å²) in [5.74, 6) is 1.25. The minimum absolute atomic E-state index is 0.292. The molecule has 22 heavy (non-hydrogen) atoms. The van der Waals surface area contributed by atoms with E-state index >= 15 is 0 Å². The zero-order valence-electron chi connectivity index (χ0n) is 13.8. The molecule has 0 saturated carbocycles. The molecule has 2 aromatic rings. The van der Waals surface area contributed by atoms with Crippen molar-refractivity contribution in [2.24, 2.45) is 5.92 Å². The summed E-state index contributed by atoms with van der Waals surface area (Å²) < 4.78 is 2.10. The monoisotopic (exact) mass is 302 g/mol. The Hall–Kier alpha value is -1.69. The molecule has 0 unspecified atom stereocenters. The van der Waals surface area contributed by atoms with Crippen LogP contribution in [0.2, 0.25) is 0 Å². The van der Waals surface area contributed by atoms with E-state index in [0.29, 0.717) is 16.9 Å². The van der Waals surface area contributed by atoms with E-state index in [1.165, 1.54) is 38.7 Å². The molecule has 1 saturated heterocycles. The second kappa shape index (κ2) is 5.83. The first-order valence-corrected chi connectivity index (χ1v) is 8.11. The van der Waals surface area contributed by atoms with E-state index in [-0.39, 0.29) is 0 Å². The SMILES string of the molecule is CC(C)(C)N1CCC(CCn2cnc3c(N)ncnc32)CC1. The van der Waals surface area contributed by atoms with Crippen LogP contribution in [0.1, 0.15) is 40.0 Å². The number of nitrogens with zero attached hydrogens (tertiary/aromatic N) is 5. The van der Waals surface area contributed by atoms with Gasteiger partial charge in [0.2, 0.25) is 0 Å². The third-order valence-electron chi connectivity index (χ3n) is 4.77. The van der Waals surface area contributed by atoms with Crippen molar-refractivity contribution in [3.8, 4) is 0 Å². The van der Waals surface area contributed by atoms with Crippen molar-refractivity contribution in [2.75, 3.05) is 18.8 Å². The molecule has 6 heteroatoms. The predicted octanol–water partition coefficient (Wildman–Crippen LogP) is 2.31. The van der Waals surface area contributed by atoms with Gasteiger partial charge in [0.15, 0.2) is 11.5 Å². The predicted molar refractivity (Wildman–Crippen MR) is 88.4 cm³/mol. The summed E-state index contributed by atoms with van der Waals surface area (Å²) in [6.07, 6.45) is 7.08. The van der Waals surface area contributed by atoms with Crippen LogP contribution in [0.25, 0.3) is 11.2 Å². The van der Waals surface area contributed by atoms with Crippen LogP contribution >= 0.6 is 0 Å². The number of fused-ring (bicyclic) bond motifs is 1. The van der Waals surface area contributed by atoms with Crippen LogP contribution in [0.4, 0.5) is 5.82 Å². The molecular formula is C16H26N6. The quantitative estimate of drug-likeness (QED) is 0.942. The topological polar surface area (TPSA) is 72.9 Å². The molecule has 0 bridgehead atoms. The second-order valence-corrected chi connectivity index (χ2v) is 7.26. The number of imidazole rings is 1. The van der Waals surface area contributed by atoms with Crippen LogP contribution in [-0.4, -0.2) is 43.0 Å². The van der Waals surface area contributed by atoms with Gasteiger partial charge < -0.3 is 10.3 Å². The smallest absolute Gasteiger partial charge is 0.165 e. The number of nitrogen functional groups attached to an aromatic ring is 1. The Bertz CT molecular complexity index is 634. The zero-order valence-corrected chi connectivity index (χ0v) is 13.8. The molecule has 1 aliphatic heterocycles. The Labute approximate surface area is 131 Å². The molecule has 0 radical (unpaired) electrons. The molecule has 6 nitrogen and oxygen atoms in total. The fourth-order valence-electron chi connectivity index (χ4n) is 3.28. The van der Waals surface area contributed by atoms with Gasteiger partial charge in [-0.1, -0.05) is 0 Å². The Balaban J connectivity index is 1.58. The van der Waals surface area contributed by atoms with Gasteiger partial charge in [-0.25, -0.2) is 15.0 Å². The molecule has 2 N–H and O–H groups in total. The molecule has 3 rings (SSSR count). The van der Waals surface area contributed by atoms with Gasteiger partial charge in [0.05, 0.1) is 6.33 Å². The van der Waals surface area contributed by atoms with Crippen LogP contribution in [0.15, 0.2) is 12.7 Å². The van der Waals surface area contributed by atoms with E-state index in [4.69, 9.17) is 5.73 Å². The second-order valence-electron chi connectivity index (χ2n) is 7.26. The van der Waals surface area contributed by atoms with Crippen LogP contribution in [0.3, 0.4) is 0 Å². The average Bonchev–Trinajstić information content (AvgIpc) is 2.89. The fourth-order valence-corrected chi connectivity index (χ4v) is 3.28. The molecule has 0 atom stereocenters. The van der Waals surface area contributed by atoms with Gasteiger partial charge in [-0.05, 0) is 59.0 Å². The largest absolute Gasteiger partial charge is 0.382 e.